The van der Waals surface area contributed by atoms with Crippen LogP contribution in [0.25, 0.3) is 49.7 Å². The zero-order chi connectivity index (χ0) is 38.9. The van der Waals surface area contributed by atoms with Crippen molar-refractivity contribution in [3.63, 3.8) is 0 Å². The lowest BCUT2D eigenvalue weighted by molar-refractivity contribution is 0.467. The first kappa shape index (κ1) is 33.4. The van der Waals surface area contributed by atoms with Gasteiger partial charge >= 0.3 is 0 Å². The number of ether oxygens (including phenoxy) is 2. The molecule has 5 heteroatoms. The Labute approximate surface area is 342 Å². The Morgan fingerprint density at radius 2 is 0.881 bits per heavy atom. The van der Waals surface area contributed by atoms with E-state index in [1.54, 1.807) is 0 Å². The van der Waals surface area contributed by atoms with Crippen LogP contribution in [0.1, 0.15) is 0 Å². The summed E-state index contributed by atoms with van der Waals surface area (Å²) in [6.45, 7) is -0.0229. The molecule has 12 rings (SSSR count). The van der Waals surface area contributed by atoms with Crippen LogP contribution in [0.3, 0.4) is 0 Å². The fourth-order valence-corrected chi connectivity index (χ4v) is 9.21. The first-order valence-electron chi connectivity index (χ1n) is 20.1. The van der Waals surface area contributed by atoms with Crippen molar-refractivity contribution in [2.24, 2.45) is 0 Å². The van der Waals surface area contributed by atoms with E-state index in [1.165, 1.54) is 22.3 Å². The van der Waals surface area contributed by atoms with Gasteiger partial charge in [-0.15, -0.1) is 0 Å². The minimum absolute atomic E-state index is 0.0229. The summed E-state index contributed by atoms with van der Waals surface area (Å²) in [5.41, 5.74) is 14.4. The van der Waals surface area contributed by atoms with E-state index in [0.29, 0.717) is 0 Å². The van der Waals surface area contributed by atoms with Gasteiger partial charge in [0, 0.05) is 39.0 Å². The molecule has 0 saturated heterocycles. The van der Waals surface area contributed by atoms with Gasteiger partial charge in [0.05, 0.1) is 11.0 Å². The zero-order valence-corrected chi connectivity index (χ0v) is 32.0. The quantitative estimate of drug-likeness (QED) is 0.158. The van der Waals surface area contributed by atoms with Crippen LogP contribution in [-0.4, -0.2) is 11.3 Å². The Balaban J connectivity index is 1.09. The van der Waals surface area contributed by atoms with Crippen molar-refractivity contribution in [3.8, 4) is 50.9 Å². The number of rotatable bonds is 6. The molecule has 276 valence electrons. The lowest BCUT2D eigenvalue weighted by Gasteiger charge is -2.33. The lowest BCUT2D eigenvalue weighted by atomic mass is 9.35. The van der Waals surface area contributed by atoms with Crippen molar-refractivity contribution < 1.29 is 9.47 Å². The summed E-state index contributed by atoms with van der Waals surface area (Å²) in [6, 6.07) is 75.4. The maximum absolute atomic E-state index is 7.04. The highest BCUT2D eigenvalue weighted by atomic mass is 16.5. The molecule has 0 atom stereocenters. The van der Waals surface area contributed by atoms with Crippen LogP contribution < -0.4 is 30.8 Å². The third-order valence-electron chi connectivity index (χ3n) is 11.9. The summed E-state index contributed by atoms with van der Waals surface area (Å²) in [4.78, 5) is 2.35. The topological polar surface area (TPSA) is 26.6 Å². The third-order valence-corrected chi connectivity index (χ3v) is 11.9. The fraction of sp³-hybridized carbons (Fsp3) is 0. The molecule has 10 aromatic rings. The van der Waals surface area contributed by atoms with Crippen LogP contribution in [-0.2, 0) is 0 Å². The van der Waals surface area contributed by atoms with E-state index in [4.69, 9.17) is 9.47 Å². The molecule has 0 spiro atoms. The Morgan fingerprint density at radius 3 is 1.47 bits per heavy atom. The number of hydrogen-bond donors (Lipinski definition) is 0. The first-order chi connectivity index (χ1) is 29.3. The molecule has 0 aliphatic carbocycles. The maximum Gasteiger partial charge on any atom is 0.260 e. The number of fused-ring (bicyclic) bond motifs is 8. The summed E-state index contributed by atoms with van der Waals surface area (Å²) in [6.07, 6.45) is 0. The molecule has 2 aliphatic rings. The minimum atomic E-state index is -0.0229. The molecule has 0 bridgehead atoms. The monoisotopic (exact) mass is 754 g/mol. The van der Waals surface area contributed by atoms with Gasteiger partial charge in [0.25, 0.3) is 6.71 Å². The summed E-state index contributed by atoms with van der Waals surface area (Å²) in [5, 5.41) is 2.19. The van der Waals surface area contributed by atoms with E-state index in [2.05, 4.69) is 216 Å². The van der Waals surface area contributed by atoms with Gasteiger partial charge in [-0.3, -0.25) is 0 Å². The molecule has 0 unspecified atom stereocenters. The van der Waals surface area contributed by atoms with E-state index in [9.17, 15) is 0 Å². The maximum atomic E-state index is 7.04. The van der Waals surface area contributed by atoms with Crippen molar-refractivity contribution in [1.29, 1.82) is 0 Å². The van der Waals surface area contributed by atoms with Gasteiger partial charge in [-0.25, -0.2) is 0 Å². The molecule has 3 heterocycles. The molecular formula is C54H35BN2O2. The van der Waals surface area contributed by atoms with E-state index >= 15 is 0 Å². The van der Waals surface area contributed by atoms with Crippen molar-refractivity contribution in [3.05, 3.63) is 212 Å². The normalized spacial score (nSPS) is 12.3. The van der Waals surface area contributed by atoms with Crippen LogP contribution in [0.15, 0.2) is 212 Å². The Bertz CT molecular complexity index is 3110. The van der Waals surface area contributed by atoms with Crippen LogP contribution in [0.5, 0.6) is 23.0 Å². The molecule has 59 heavy (non-hydrogen) atoms. The standard InChI is InChI=1S/C54H35BN2O2/c1-4-14-36(15-5-1)38-24-28-41(29-25-38)56(42-30-26-39(27-31-42)37-16-6-2-7-17-37)43-32-33-44-45-35-51-52-54(53(45)57(48(44)34-43)40-18-8-3-9-19-40)59-50-23-13-11-21-47(50)55(52)46-20-10-12-22-49(46)58-51/h1-35H. The first-order valence-corrected chi connectivity index (χ1v) is 20.1. The fourth-order valence-electron chi connectivity index (χ4n) is 9.21. The second-order valence-corrected chi connectivity index (χ2v) is 15.3. The van der Waals surface area contributed by atoms with E-state index in [1.807, 2.05) is 6.07 Å². The average Bonchev–Trinajstić information content (AvgIpc) is 3.64. The van der Waals surface area contributed by atoms with E-state index < -0.39 is 0 Å². The Morgan fingerprint density at radius 1 is 0.390 bits per heavy atom. The molecule has 0 N–H and O–H groups in total. The van der Waals surface area contributed by atoms with Gasteiger partial charge in [0.1, 0.15) is 17.2 Å². The van der Waals surface area contributed by atoms with Crippen LogP contribution in [0.2, 0.25) is 0 Å². The van der Waals surface area contributed by atoms with Crippen molar-refractivity contribution in [2.45, 2.75) is 0 Å². The highest BCUT2D eigenvalue weighted by Gasteiger charge is 2.42. The van der Waals surface area contributed by atoms with Crippen LogP contribution >= 0.6 is 0 Å². The van der Waals surface area contributed by atoms with Crippen molar-refractivity contribution in [2.75, 3.05) is 4.90 Å². The molecule has 0 amide bonds. The highest BCUT2D eigenvalue weighted by Crippen LogP contribution is 2.46. The highest BCUT2D eigenvalue weighted by molar-refractivity contribution is 6.98. The molecule has 0 saturated carbocycles. The number of hydrogen-bond acceptors (Lipinski definition) is 3. The van der Waals surface area contributed by atoms with E-state index in [-0.39, 0.29) is 6.71 Å². The number of aromatic nitrogens is 1. The average molecular weight is 755 g/mol. The molecule has 4 nitrogen and oxygen atoms in total. The number of nitrogens with zero attached hydrogens (tertiary/aromatic N) is 2. The van der Waals surface area contributed by atoms with Gasteiger partial charge in [-0.1, -0.05) is 146 Å². The van der Waals surface area contributed by atoms with Crippen molar-refractivity contribution in [1.82, 2.24) is 4.57 Å². The molecule has 1 aromatic heterocycles. The van der Waals surface area contributed by atoms with Gasteiger partial charge < -0.3 is 18.9 Å². The summed E-state index contributed by atoms with van der Waals surface area (Å²) >= 11 is 0. The molecular weight excluding hydrogens is 719 g/mol. The van der Waals surface area contributed by atoms with E-state index in [0.717, 1.165) is 83.9 Å². The van der Waals surface area contributed by atoms with Crippen LogP contribution in [0, 0.1) is 0 Å². The second-order valence-electron chi connectivity index (χ2n) is 15.3. The SMILES string of the molecule is c1ccc(-c2ccc(N(c3ccc(-c4ccccc4)cc3)c3ccc4c5cc6c7c(c5n(-c5ccccc5)c4c3)Oc3ccccc3B7c3ccccc3O6)cc2)cc1. The lowest BCUT2D eigenvalue weighted by Crippen LogP contribution is -2.57. The number of para-hydroxylation sites is 3. The minimum Gasteiger partial charge on any atom is -0.458 e. The van der Waals surface area contributed by atoms with Gasteiger partial charge in [0.2, 0.25) is 0 Å². The van der Waals surface area contributed by atoms with Gasteiger partial charge in [0.15, 0.2) is 5.75 Å². The predicted octanol–water partition coefficient (Wildman–Crippen LogP) is 12.3. The summed E-state index contributed by atoms with van der Waals surface area (Å²) in [5.74, 6) is 3.42. The number of benzene rings is 9. The summed E-state index contributed by atoms with van der Waals surface area (Å²) in [7, 11) is 0. The largest absolute Gasteiger partial charge is 0.458 e. The van der Waals surface area contributed by atoms with Gasteiger partial charge in [-0.2, -0.15) is 0 Å². The molecule has 2 aliphatic heterocycles. The second kappa shape index (κ2) is 13.4. The van der Waals surface area contributed by atoms with Crippen LogP contribution in [0.4, 0.5) is 17.1 Å². The zero-order valence-electron chi connectivity index (χ0n) is 32.0. The third kappa shape index (κ3) is 5.39. The molecule has 9 aromatic carbocycles. The molecule has 0 radical (unpaired) electrons. The number of anilines is 3. The molecule has 0 fully saturated rings. The predicted molar refractivity (Wildman–Crippen MR) is 244 cm³/mol. The van der Waals surface area contributed by atoms with Gasteiger partial charge in [-0.05, 0) is 99.9 Å². The Hall–Kier alpha value is -7.76. The van der Waals surface area contributed by atoms with Crippen molar-refractivity contribution >= 4 is 62.0 Å². The summed E-state index contributed by atoms with van der Waals surface area (Å²) < 4.78 is 16.2. The smallest absolute Gasteiger partial charge is 0.260 e. The Kier molecular flexibility index (Phi) is 7.60.